The predicted molar refractivity (Wildman–Crippen MR) is 104 cm³/mol. The van der Waals surface area contributed by atoms with Crippen LogP contribution in [0.25, 0.3) is 21.9 Å². The Balaban J connectivity index is 1.43. The maximum Gasteiger partial charge on any atom is 0.246 e. The summed E-state index contributed by atoms with van der Waals surface area (Å²) in [7, 11) is 0. The van der Waals surface area contributed by atoms with Crippen molar-refractivity contribution >= 4 is 39.1 Å². The van der Waals surface area contributed by atoms with E-state index in [1.54, 1.807) is 17.4 Å². The van der Waals surface area contributed by atoms with Crippen molar-refractivity contribution in [1.29, 1.82) is 0 Å². The molecular weight excluding hydrogens is 328 g/mol. The molecule has 1 amide bonds. The summed E-state index contributed by atoms with van der Waals surface area (Å²) in [5.74, 6) is 0.0441. The van der Waals surface area contributed by atoms with Gasteiger partial charge in [-0.25, -0.2) is 4.98 Å². The van der Waals surface area contributed by atoms with Crippen LogP contribution >= 0.6 is 11.3 Å². The minimum absolute atomic E-state index is 0.0441. The maximum atomic E-state index is 12.4. The molecule has 4 heteroatoms. The summed E-state index contributed by atoms with van der Waals surface area (Å²) in [5.41, 5.74) is 3.55. The monoisotopic (exact) mass is 346 g/mol. The van der Waals surface area contributed by atoms with Crippen molar-refractivity contribution in [2.24, 2.45) is 0 Å². The molecule has 0 N–H and O–H groups in total. The molecule has 0 spiro atoms. The van der Waals surface area contributed by atoms with Crippen molar-refractivity contribution < 1.29 is 4.79 Å². The normalized spacial score (nSPS) is 14.9. The Bertz CT molecular complexity index is 923. The number of hydrogen-bond acceptors (Lipinski definition) is 3. The second kappa shape index (κ2) is 7.03. The number of aromatic nitrogens is 1. The molecule has 0 saturated heterocycles. The smallest absolute Gasteiger partial charge is 0.246 e. The zero-order valence-electron chi connectivity index (χ0n) is 13.8. The topological polar surface area (TPSA) is 33.2 Å². The number of hydrogen-bond donors (Lipinski definition) is 0. The molecule has 1 aromatic heterocycles. The van der Waals surface area contributed by atoms with Crippen molar-refractivity contribution in [2.45, 2.75) is 6.42 Å². The Morgan fingerprint density at radius 3 is 2.64 bits per heavy atom. The van der Waals surface area contributed by atoms with Crippen LogP contribution in [-0.4, -0.2) is 28.9 Å². The van der Waals surface area contributed by atoms with Gasteiger partial charge in [-0.1, -0.05) is 48.5 Å². The standard InChI is InChI=1S/C21H18N2OS/c24-21(11-10-20-22-18-8-4-5-9-19(18)25-20)23-14-12-17(13-15-23)16-6-2-1-3-7-16/h1-12H,13-15H2/b11-10+. The molecule has 4 rings (SSSR count). The summed E-state index contributed by atoms with van der Waals surface area (Å²) in [5, 5.41) is 0.868. The fourth-order valence-corrected chi connectivity index (χ4v) is 3.86. The SMILES string of the molecule is O=C(/C=C/c1nc2ccccc2s1)N1CC=C(c2ccccc2)CC1. The van der Waals surface area contributed by atoms with Crippen LogP contribution in [0.1, 0.15) is 17.0 Å². The number of thiazole rings is 1. The van der Waals surface area contributed by atoms with Crippen LogP contribution in [0.5, 0.6) is 0 Å². The van der Waals surface area contributed by atoms with Gasteiger partial charge in [-0.15, -0.1) is 11.3 Å². The molecule has 0 fully saturated rings. The molecule has 1 aliphatic rings. The molecule has 0 atom stereocenters. The molecule has 0 unspecified atom stereocenters. The fourth-order valence-electron chi connectivity index (χ4n) is 2.99. The Labute approximate surface area is 150 Å². The third-order valence-corrected chi connectivity index (χ3v) is 5.35. The molecular formula is C21H18N2OS. The summed E-state index contributed by atoms with van der Waals surface area (Å²) < 4.78 is 1.14. The lowest BCUT2D eigenvalue weighted by molar-refractivity contribution is -0.125. The zero-order valence-corrected chi connectivity index (χ0v) is 14.6. The van der Waals surface area contributed by atoms with E-state index in [4.69, 9.17) is 0 Å². The van der Waals surface area contributed by atoms with Crippen molar-refractivity contribution in [3.05, 3.63) is 77.3 Å². The second-order valence-corrected chi connectivity index (χ2v) is 7.05. The number of amides is 1. The van der Waals surface area contributed by atoms with Gasteiger partial charge in [0.1, 0.15) is 5.01 Å². The van der Waals surface area contributed by atoms with Crippen molar-refractivity contribution in [3.63, 3.8) is 0 Å². The van der Waals surface area contributed by atoms with Crippen molar-refractivity contribution in [2.75, 3.05) is 13.1 Å². The van der Waals surface area contributed by atoms with Crippen molar-refractivity contribution in [1.82, 2.24) is 9.88 Å². The highest BCUT2D eigenvalue weighted by atomic mass is 32.1. The van der Waals surface area contributed by atoms with Crippen LogP contribution in [0.3, 0.4) is 0 Å². The van der Waals surface area contributed by atoms with E-state index < -0.39 is 0 Å². The first-order valence-electron chi connectivity index (χ1n) is 8.36. The van der Waals surface area contributed by atoms with E-state index in [2.05, 4.69) is 35.3 Å². The summed E-state index contributed by atoms with van der Waals surface area (Å²) >= 11 is 1.60. The fraction of sp³-hybridized carbons (Fsp3) is 0.143. The molecule has 2 heterocycles. The van der Waals surface area contributed by atoms with E-state index in [1.165, 1.54) is 11.1 Å². The van der Waals surface area contributed by atoms with Crippen LogP contribution in [0, 0.1) is 0 Å². The van der Waals surface area contributed by atoms with Gasteiger partial charge in [0.2, 0.25) is 5.91 Å². The average Bonchev–Trinajstić information content (AvgIpc) is 3.10. The summed E-state index contributed by atoms with van der Waals surface area (Å²) in [6.45, 7) is 1.41. The largest absolute Gasteiger partial charge is 0.335 e. The number of benzene rings is 2. The van der Waals surface area contributed by atoms with E-state index in [1.807, 2.05) is 41.3 Å². The molecule has 3 nitrogen and oxygen atoms in total. The zero-order chi connectivity index (χ0) is 17.1. The molecule has 0 saturated carbocycles. The highest BCUT2D eigenvalue weighted by molar-refractivity contribution is 7.19. The lowest BCUT2D eigenvalue weighted by Gasteiger charge is -2.25. The van der Waals surface area contributed by atoms with Crippen LogP contribution in [-0.2, 0) is 4.79 Å². The highest BCUT2D eigenvalue weighted by Gasteiger charge is 2.16. The number of para-hydroxylation sites is 1. The lowest BCUT2D eigenvalue weighted by Crippen LogP contribution is -2.33. The summed E-state index contributed by atoms with van der Waals surface area (Å²) in [4.78, 5) is 18.8. The first kappa shape index (κ1) is 15.8. The van der Waals surface area contributed by atoms with Crippen molar-refractivity contribution in [3.8, 4) is 0 Å². The van der Waals surface area contributed by atoms with Gasteiger partial charge in [-0.3, -0.25) is 4.79 Å². The first-order valence-corrected chi connectivity index (χ1v) is 9.18. The van der Waals surface area contributed by atoms with Gasteiger partial charge in [0, 0.05) is 19.2 Å². The predicted octanol–water partition coefficient (Wildman–Crippen LogP) is 4.63. The van der Waals surface area contributed by atoms with Gasteiger partial charge in [-0.05, 0) is 35.8 Å². The number of fused-ring (bicyclic) bond motifs is 1. The van der Waals surface area contributed by atoms with Crippen LogP contribution in [0.2, 0.25) is 0 Å². The maximum absolute atomic E-state index is 12.4. The van der Waals surface area contributed by atoms with Gasteiger partial charge >= 0.3 is 0 Å². The van der Waals surface area contributed by atoms with Gasteiger partial charge in [0.25, 0.3) is 0 Å². The molecule has 3 aromatic rings. The van der Waals surface area contributed by atoms with Gasteiger partial charge in [0.05, 0.1) is 10.2 Å². The molecule has 124 valence electrons. The van der Waals surface area contributed by atoms with Crippen LogP contribution in [0.4, 0.5) is 0 Å². The number of nitrogens with zero attached hydrogens (tertiary/aromatic N) is 2. The Kier molecular flexibility index (Phi) is 4.44. The Morgan fingerprint density at radius 1 is 1.08 bits per heavy atom. The van der Waals surface area contributed by atoms with Crippen LogP contribution in [0.15, 0.2) is 66.7 Å². The highest BCUT2D eigenvalue weighted by Crippen LogP contribution is 2.24. The van der Waals surface area contributed by atoms with E-state index in [-0.39, 0.29) is 5.91 Å². The number of carbonyl (C=O) groups excluding carboxylic acids is 1. The van der Waals surface area contributed by atoms with E-state index in [0.717, 1.165) is 28.2 Å². The van der Waals surface area contributed by atoms with Gasteiger partial charge in [-0.2, -0.15) is 0 Å². The number of rotatable bonds is 3. The minimum Gasteiger partial charge on any atom is -0.335 e. The van der Waals surface area contributed by atoms with Gasteiger partial charge < -0.3 is 4.90 Å². The Morgan fingerprint density at radius 2 is 1.88 bits per heavy atom. The quantitative estimate of drug-likeness (QED) is 0.648. The van der Waals surface area contributed by atoms with E-state index in [9.17, 15) is 4.79 Å². The lowest BCUT2D eigenvalue weighted by atomic mass is 9.99. The summed E-state index contributed by atoms with van der Waals surface area (Å²) in [6.07, 6.45) is 6.51. The number of carbonyl (C=O) groups is 1. The van der Waals surface area contributed by atoms with E-state index in [0.29, 0.717) is 6.54 Å². The van der Waals surface area contributed by atoms with E-state index >= 15 is 0 Å². The Hall–Kier alpha value is -2.72. The average molecular weight is 346 g/mol. The first-order chi connectivity index (χ1) is 12.3. The van der Waals surface area contributed by atoms with Gasteiger partial charge in [0.15, 0.2) is 0 Å². The summed E-state index contributed by atoms with van der Waals surface area (Å²) in [6, 6.07) is 18.4. The minimum atomic E-state index is 0.0441. The molecule has 1 aliphatic heterocycles. The molecule has 0 bridgehead atoms. The second-order valence-electron chi connectivity index (χ2n) is 5.98. The van der Waals surface area contributed by atoms with Crippen LogP contribution < -0.4 is 0 Å². The molecule has 0 radical (unpaired) electrons. The third-order valence-electron chi connectivity index (χ3n) is 4.34. The molecule has 2 aromatic carbocycles. The molecule has 0 aliphatic carbocycles. The third kappa shape index (κ3) is 3.54. The molecule has 25 heavy (non-hydrogen) atoms.